The summed E-state index contributed by atoms with van der Waals surface area (Å²) in [6.07, 6.45) is 0. The second-order valence-electron chi connectivity index (χ2n) is 7.43. The van der Waals surface area contributed by atoms with Crippen molar-refractivity contribution in [3.8, 4) is 28.5 Å². The van der Waals surface area contributed by atoms with Gasteiger partial charge in [-0.05, 0) is 49.4 Å². The predicted octanol–water partition coefficient (Wildman–Crippen LogP) is 5.09. The van der Waals surface area contributed by atoms with Gasteiger partial charge >= 0.3 is 5.97 Å². The fourth-order valence-corrected chi connectivity index (χ4v) is 3.88. The minimum absolute atomic E-state index is 0.174. The number of benzene rings is 2. The molecule has 0 spiro atoms. The predicted molar refractivity (Wildman–Crippen MR) is 131 cm³/mol. The van der Waals surface area contributed by atoms with Crippen LogP contribution in [0.3, 0.4) is 0 Å². The molecule has 0 saturated carbocycles. The Labute approximate surface area is 206 Å². The summed E-state index contributed by atoms with van der Waals surface area (Å²) in [5, 5.41) is 5.26. The van der Waals surface area contributed by atoms with Crippen LogP contribution in [0.15, 0.2) is 54.6 Å². The Kier molecular flexibility index (Phi) is 6.93. The van der Waals surface area contributed by atoms with E-state index in [2.05, 4.69) is 5.10 Å². The smallest absolute Gasteiger partial charge is 0.340 e. The van der Waals surface area contributed by atoms with Crippen molar-refractivity contribution in [3.63, 3.8) is 0 Å². The molecule has 0 aliphatic heterocycles. The second kappa shape index (κ2) is 10.1. The molecule has 35 heavy (non-hydrogen) atoms. The molecule has 0 N–H and O–H groups in total. The number of aromatic nitrogens is 2. The van der Waals surface area contributed by atoms with E-state index in [1.165, 1.54) is 31.9 Å². The van der Waals surface area contributed by atoms with Gasteiger partial charge in [-0.1, -0.05) is 23.7 Å². The van der Waals surface area contributed by atoms with Crippen LogP contribution >= 0.6 is 11.6 Å². The molecule has 2 heterocycles. The van der Waals surface area contributed by atoms with Crippen LogP contribution in [0.1, 0.15) is 33.3 Å². The molecule has 4 aromatic rings. The summed E-state index contributed by atoms with van der Waals surface area (Å²) in [6, 6.07) is 15.3. The number of nitrogens with zero attached hydrogens (tertiary/aromatic N) is 2. The van der Waals surface area contributed by atoms with Crippen LogP contribution in [-0.4, -0.2) is 49.3 Å². The molecule has 0 aliphatic carbocycles. The van der Waals surface area contributed by atoms with Crippen LogP contribution in [0.4, 0.5) is 0 Å². The molecule has 4 rings (SSSR count). The summed E-state index contributed by atoms with van der Waals surface area (Å²) in [6.45, 7) is 1.91. The zero-order chi connectivity index (χ0) is 25.1. The van der Waals surface area contributed by atoms with Gasteiger partial charge in [-0.3, -0.25) is 4.79 Å². The number of carbonyl (C=O) groups is 2. The Morgan fingerprint density at radius 2 is 1.57 bits per heavy atom. The number of esters is 1. The van der Waals surface area contributed by atoms with Gasteiger partial charge in [-0.2, -0.15) is 5.10 Å². The molecule has 8 nitrogen and oxygen atoms in total. The maximum absolute atomic E-state index is 13.7. The van der Waals surface area contributed by atoms with E-state index < -0.39 is 11.8 Å². The van der Waals surface area contributed by atoms with Crippen molar-refractivity contribution < 1.29 is 28.5 Å². The van der Waals surface area contributed by atoms with Crippen LogP contribution in [0.25, 0.3) is 16.8 Å². The van der Waals surface area contributed by atoms with E-state index in [0.29, 0.717) is 33.5 Å². The number of carbonyl (C=O) groups excluding carboxylic acids is 2. The monoisotopic (exact) mass is 494 g/mol. The number of hydrogen-bond donors (Lipinski definition) is 0. The van der Waals surface area contributed by atoms with Gasteiger partial charge in [0.2, 0.25) is 11.5 Å². The molecule has 0 fully saturated rings. The maximum Gasteiger partial charge on any atom is 0.340 e. The number of methoxy groups -OCH3 is 3. The highest BCUT2D eigenvalue weighted by Crippen LogP contribution is 2.39. The highest BCUT2D eigenvalue weighted by Gasteiger charge is 2.25. The average Bonchev–Trinajstić information content (AvgIpc) is 3.26. The standard InChI is InChI=1S/C26H23ClN2O6/c1-5-35-26(31)18-14-21(24(30)16-12-22(32-2)25(34-4)23(13-16)33-3)29-20(18)11-10-19(28-29)15-6-8-17(27)9-7-15/h6-14H,5H2,1-4H3. The van der Waals surface area contributed by atoms with Crippen molar-refractivity contribution >= 4 is 28.9 Å². The Balaban J connectivity index is 1.91. The van der Waals surface area contributed by atoms with Crippen molar-refractivity contribution in [2.75, 3.05) is 27.9 Å². The SMILES string of the molecule is CCOC(=O)c1cc(C(=O)c2cc(OC)c(OC)c(OC)c2)n2nc(-c3ccc(Cl)cc3)ccc12. The fourth-order valence-electron chi connectivity index (χ4n) is 3.75. The lowest BCUT2D eigenvalue weighted by atomic mass is 10.1. The minimum atomic E-state index is -0.546. The summed E-state index contributed by atoms with van der Waals surface area (Å²) in [7, 11) is 4.42. The van der Waals surface area contributed by atoms with E-state index in [9.17, 15) is 9.59 Å². The van der Waals surface area contributed by atoms with E-state index in [1.807, 2.05) is 12.1 Å². The highest BCUT2D eigenvalue weighted by molar-refractivity contribution is 6.30. The first-order chi connectivity index (χ1) is 16.9. The summed E-state index contributed by atoms with van der Waals surface area (Å²) in [5.74, 6) is 0.0838. The summed E-state index contributed by atoms with van der Waals surface area (Å²) in [4.78, 5) is 26.4. The number of hydrogen-bond acceptors (Lipinski definition) is 7. The van der Waals surface area contributed by atoms with Crippen molar-refractivity contribution in [1.82, 2.24) is 9.61 Å². The molecule has 180 valence electrons. The third-order valence-electron chi connectivity index (χ3n) is 5.42. The van der Waals surface area contributed by atoms with Crippen molar-refractivity contribution in [3.05, 3.63) is 76.4 Å². The molecule has 0 aliphatic rings. The highest BCUT2D eigenvalue weighted by atomic mass is 35.5. The van der Waals surface area contributed by atoms with Crippen LogP contribution in [0.2, 0.25) is 5.02 Å². The van der Waals surface area contributed by atoms with Gasteiger partial charge in [-0.15, -0.1) is 0 Å². The Hall–Kier alpha value is -4.04. The summed E-state index contributed by atoms with van der Waals surface area (Å²) in [5.41, 5.74) is 2.52. The van der Waals surface area contributed by atoms with E-state index in [4.69, 9.17) is 30.5 Å². The van der Waals surface area contributed by atoms with Gasteiger partial charge in [0.1, 0.15) is 5.69 Å². The molecule has 0 amide bonds. The zero-order valence-electron chi connectivity index (χ0n) is 19.6. The molecule has 9 heteroatoms. The molecule has 0 radical (unpaired) electrons. The second-order valence-corrected chi connectivity index (χ2v) is 7.87. The van der Waals surface area contributed by atoms with Gasteiger partial charge in [0, 0.05) is 16.1 Å². The molecule has 0 saturated heterocycles. The Morgan fingerprint density at radius 3 is 2.14 bits per heavy atom. The average molecular weight is 495 g/mol. The molecular weight excluding hydrogens is 472 g/mol. The largest absolute Gasteiger partial charge is 0.493 e. The van der Waals surface area contributed by atoms with Crippen molar-refractivity contribution in [1.29, 1.82) is 0 Å². The van der Waals surface area contributed by atoms with Crippen LogP contribution < -0.4 is 14.2 Å². The summed E-state index contributed by atoms with van der Waals surface area (Å²) >= 11 is 6.02. The molecule has 0 atom stereocenters. The zero-order valence-corrected chi connectivity index (χ0v) is 20.4. The molecule has 0 bridgehead atoms. The van der Waals surface area contributed by atoms with E-state index >= 15 is 0 Å². The first-order valence-corrected chi connectivity index (χ1v) is 11.1. The number of rotatable bonds is 8. The first kappa shape index (κ1) is 24.1. The lowest BCUT2D eigenvalue weighted by molar-refractivity contribution is 0.0528. The third-order valence-corrected chi connectivity index (χ3v) is 5.67. The van der Waals surface area contributed by atoms with Gasteiger partial charge in [0.05, 0.1) is 44.7 Å². The number of ether oxygens (including phenoxy) is 4. The van der Waals surface area contributed by atoms with Gasteiger partial charge in [0.25, 0.3) is 0 Å². The molecular formula is C26H23ClN2O6. The van der Waals surface area contributed by atoms with Gasteiger partial charge < -0.3 is 18.9 Å². The van der Waals surface area contributed by atoms with Crippen LogP contribution in [-0.2, 0) is 4.74 Å². The van der Waals surface area contributed by atoms with Crippen molar-refractivity contribution in [2.24, 2.45) is 0 Å². The van der Waals surface area contributed by atoms with Gasteiger partial charge in [0.15, 0.2) is 11.5 Å². The third kappa shape index (κ3) is 4.52. The number of ketones is 1. The Bertz CT molecular complexity index is 1390. The van der Waals surface area contributed by atoms with E-state index in [1.54, 1.807) is 43.3 Å². The van der Waals surface area contributed by atoms with E-state index in [0.717, 1.165) is 5.56 Å². The fraction of sp³-hybridized carbons (Fsp3) is 0.192. The Morgan fingerprint density at radius 1 is 0.914 bits per heavy atom. The summed E-state index contributed by atoms with van der Waals surface area (Å²) < 4.78 is 22.8. The van der Waals surface area contributed by atoms with Crippen LogP contribution in [0, 0.1) is 0 Å². The molecule has 2 aromatic heterocycles. The van der Waals surface area contributed by atoms with Crippen molar-refractivity contribution in [2.45, 2.75) is 6.92 Å². The molecule has 0 unspecified atom stereocenters. The lowest BCUT2D eigenvalue weighted by Gasteiger charge is -2.13. The normalized spacial score (nSPS) is 10.8. The maximum atomic E-state index is 13.7. The van der Waals surface area contributed by atoms with Crippen LogP contribution in [0.5, 0.6) is 17.2 Å². The van der Waals surface area contributed by atoms with Gasteiger partial charge in [-0.25, -0.2) is 9.31 Å². The first-order valence-electron chi connectivity index (χ1n) is 10.7. The lowest BCUT2D eigenvalue weighted by Crippen LogP contribution is -2.09. The molecule has 2 aromatic carbocycles. The van der Waals surface area contributed by atoms with E-state index in [-0.39, 0.29) is 23.4 Å². The number of halogens is 1. The minimum Gasteiger partial charge on any atom is -0.493 e. The number of fused-ring (bicyclic) bond motifs is 1. The quantitative estimate of drug-likeness (QED) is 0.249. The topological polar surface area (TPSA) is 88.4 Å².